The summed E-state index contributed by atoms with van der Waals surface area (Å²) < 4.78 is 50.5. The van der Waals surface area contributed by atoms with Crippen LogP contribution in [0.4, 0.5) is 14.5 Å². The molecule has 2 N–H and O–H groups in total. The second-order valence-electron chi connectivity index (χ2n) is 4.56. The van der Waals surface area contributed by atoms with Crippen LogP contribution in [-0.2, 0) is 10.0 Å². The number of carbonyl (C=O) groups excluding carboxylic acids is 1. The molecule has 1 amide bonds. The smallest absolute Gasteiger partial charge is 0.288 e. The molecule has 2 aromatic carbocycles. The number of halogens is 2. The van der Waals surface area contributed by atoms with E-state index in [-0.39, 0.29) is 21.0 Å². The minimum Gasteiger partial charge on any atom is -0.321 e. The van der Waals surface area contributed by atoms with Crippen LogP contribution in [0.3, 0.4) is 0 Å². The van der Waals surface area contributed by atoms with Crippen LogP contribution in [0, 0.1) is 0 Å². The molecule has 0 unspecified atom stereocenters. The summed E-state index contributed by atoms with van der Waals surface area (Å²) in [5.41, 5.74) is 0.474. The van der Waals surface area contributed by atoms with Crippen molar-refractivity contribution in [1.82, 2.24) is 4.72 Å². The van der Waals surface area contributed by atoms with E-state index in [9.17, 15) is 22.0 Å². The van der Waals surface area contributed by atoms with Crippen molar-refractivity contribution in [2.24, 2.45) is 0 Å². The van der Waals surface area contributed by atoms with E-state index < -0.39 is 21.7 Å². The van der Waals surface area contributed by atoms with Gasteiger partial charge < -0.3 is 5.32 Å². The summed E-state index contributed by atoms with van der Waals surface area (Å²) in [4.78, 5) is 12.5. The number of sulfonamides is 1. The average Bonchev–Trinajstić information content (AvgIpc) is 2.56. The lowest BCUT2D eigenvalue weighted by molar-refractivity contribution is 0.102. The first-order chi connectivity index (χ1) is 11.3. The minimum absolute atomic E-state index is 0.0233. The molecule has 0 radical (unpaired) electrons. The Bertz CT molecular complexity index is 825. The fourth-order valence-electron chi connectivity index (χ4n) is 1.87. The van der Waals surface area contributed by atoms with Gasteiger partial charge in [-0.15, -0.1) is 0 Å². The van der Waals surface area contributed by atoms with Crippen LogP contribution in [0.25, 0.3) is 0 Å². The average molecular weight is 372 g/mol. The van der Waals surface area contributed by atoms with Gasteiger partial charge in [-0.25, -0.2) is 13.1 Å². The molecule has 0 fully saturated rings. The zero-order chi connectivity index (χ0) is 17.7. The van der Waals surface area contributed by atoms with E-state index in [1.807, 2.05) is 0 Å². The fraction of sp³-hybridized carbons (Fsp3) is 0.133. The Balaban J connectivity index is 2.19. The van der Waals surface area contributed by atoms with Crippen LogP contribution in [0.2, 0.25) is 0 Å². The lowest BCUT2D eigenvalue weighted by Gasteiger charge is -2.10. The van der Waals surface area contributed by atoms with Gasteiger partial charge in [-0.1, -0.05) is 23.9 Å². The molecule has 0 saturated heterocycles. The molecule has 2 rings (SSSR count). The van der Waals surface area contributed by atoms with E-state index in [1.54, 1.807) is 12.1 Å². The molecule has 0 atom stereocenters. The second kappa shape index (κ2) is 7.73. The van der Waals surface area contributed by atoms with Gasteiger partial charge >= 0.3 is 0 Å². The lowest BCUT2D eigenvalue weighted by atomic mass is 10.2. The molecule has 9 heteroatoms. The Morgan fingerprint density at radius 2 is 1.71 bits per heavy atom. The highest BCUT2D eigenvalue weighted by molar-refractivity contribution is 7.99. The monoisotopic (exact) mass is 372 g/mol. The summed E-state index contributed by atoms with van der Waals surface area (Å²) >= 11 is 0.335. The standard InChI is InChI=1S/C15H14F2N2O3S2/c1-18-24(21,22)11-8-6-10(7-9-11)14(20)19-12-4-2-3-5-13(12)23-15(16)17/h2-9,15,18H,1H3,(H,19,20). The van der Waals surface area contributed by atoms with Crippen molar-refractivity contribution in [3.63, 3.8) is 0 Å². The number of nitrogens with one attached hydrogen (secondary N) is 2. The van der Waals surface area contributed by atoms with E-state index in [1.165, 1.54) is 43.4 Å². The van der Waals surface area contributed by atoms with Crippen molar-refractivity contribution in [1.29, 1.82) is 0 Å². The number of para-hydroxylation sites is 1. The summed E-state index contributed by atoms with van der Waals surface area (Å²) in [6.45, 7) is 0. The molecule has 128 valence electrons. The number of hydrogen-bond acceptors (Lipinski definition) is 4. The summed E-state index contributed by atoms with van der Waals surface area (Å²) in [5, 5.41) is 2.55. The van der Waals surface area contributed by atoms with Crippen LogP contribution in [0.5, 0.6) is 0 Å². The van der Waals surface area contributed by atoms with Crippen LogP contribution >= 0.6 is 11.8 Å². The maximum Gasteiger partial charge on any atom is 0.288 e. The SMILES string of the molecule is CNS(=O)(=O)c1ccc(C(=O)Nc2ccccc2SC(F)F)cc1. The number of benzene rings is 2. The molecule has 0 heterocycles. The Morgan fingerprint density at radius 3 is 2.29 bits per heavy atom. The van der Waals surface area contributed by atoms with Crippen molar-refractivity contribution in [2.45, 2.75) is 15.5 Å². The van der Waals surface area contributed by atoms with Gasteiger partial charge in [0.15, 0.2) is 0 Å². The van der Waals surface area contributed by atoms with Crippen molar-refractivity contribution < 1.29 is 22.0 Å². The summed E-state index contributed by atoms with van der Waals surface area (Å²) in [6.07, 6.45) is 0. The van der Waals surface area contributed by atoms with Gasteiger partial charge in [-0.05, 0) is 43.4 Å². The zero-order valence-electron chi connectivity index (χ0n) is 12.5. The van der Waals surface area contributed by atoms with Gasteiger partial charge in [0.2, 0.25) is 10.0 Å². The lowest BCUT2D eigenvalue weighted by Crippen LogP contribution is -2.19. The molecular formula is C15H14F2N2O3S2. The fourth-order valence-corrected chi connectivity index (χ4v) is 3.19. The third-order valence-corrected chi connectivity index (χ3v) is 5.27. The number of thioether (sulfide) groups is 1. The number of alkyl halides is 2. The van der Waals surface area contributed by atoms with Crippen LogP contribution in [0.1, 0.15) is 10.4 Å². The minimum atomic E-state index is -3.59. The van der Waals surface area contributed by atoms with Crippen LogP contribution in [-0.4, -0.2) is 27.1 Å². The van der Waals surface area contributed by atoms with Gasteiger partial charge in [-0.3, -0.25) is 4.79 Å². The van der Waals surface area contributed by atoms with Gasteiger partial charge in [0.1, 0.15) is 0 Å². The normalized spacial score (nSPS) is 11.5. The molecule has 0 aromatic heterocycles. The topological polar surface area (TPSA) is 75.3 Å². The predicted molar refractivity (Wildman–Crippen MR) is 88.9 cm³/mol. The first kappa shape index (κ1) is 18.4. The maximum absolute atomic E-state index is 12.5. The summed E-state index contributed by atoms with van der Waals surface area (Å²) in [6, 6.07) is 11.5. The molecule has 0 aliphatic carbocycles. The quantitative estimate of drug-likeness (QED) is 0.764. The molecule has 0 saturated carbocycles. The molecule has 24 heavy (non-hydrogen) atoms. The Morgan fingerprint density at radius 1 is 1.08 bits per heavy atom. The number of amides is 1. The number of rotatable bonds is 6. The first-order valence-corrected chi connectivity index (χ1v) is 9.08. The molecule has 5 nitrogen and oxygen atoms in total. The largest absolute Gasteiger partial charge is 0.321 e. The molecule has 0 bridgehead atoms. The molecule has 0 aliphatic heterocycles. The predicted octanol–water partition coefficient (Wildman–Crippen LogP) is 3.16. The number of anilines is 1. The first-order valence-electron chi connectivity index (χ1n) is 6.72. The van der Waals surface area contributed by atoms with Gasteiger partial charge in [0.25, 0.3) is 11.7 Å². The molecule has 0 aliphatic rings. The Kier molecular flexibility index (Phi) is 5.92. The maximum atomic E-state index is 12.5. The van der Waals surface area contributed by atoms with Crippen LogP contribution in [0.15, 0.2) is 58.3 Å². The van der Waals surface area contributed by atoms with Crippen molar-refractivity contribution in [3.05, 3.63) is 54.1 Å². The van der Waals surface area contributed by atoms with Gasteiger partial charge in [-0.2, -0.15) is 8.78 Å². The van der Waals surface area contributed by atoms with E-state index in [0.717, 1.165) is 0 Å². The van der Waals surface area contributed by atoms with Crippen molar-refractivity contribution in [3.8, 4) is 0 Å². The zero-order valence-corrected chi connectivity index (χ0v) is 14.1. The Labute approximate surface area is 142 Å². The summed E-state index contributed by atoms with van der Waals surface area (Å²) in [7, 11) is -2.30. The summed E-state index contributed by atoms with van der Waals surface area (Å²) in [5.74, 6) is -3.13. The van der Waals surface area contributed by atoms with Gasteiger partial charge in [0, 0.05) is 10.5 Å². The van der Waals surface area contributed by atoms with E-state index in [4.69, 9.17) is 0 Å². The highest BCUT2D eigenvalue weighted by Crippen LogP contribution is 2.31. The molecular weight excluding hydrogens is 358 g/mol. The molecule has 2 aromatic rings. The van der Waals surface area contributed by atoms with Crippen LogP contribution < -0.4 is 10.0 Å². The van der Waals surface area contributed by atoms with Crippen molar-refractivity contribution in [2.75, 3.05) is 12.4 Å². The van der Waals surface area contributed by atoms with Crippen molar-refractivity contribution >= 4 is 33.4 Å². The highest BCUT2D eigenvalue weighted by atomic mass is 32.2. The van der Waals surface area contributed by atoms with E-state index >= 15 is 0 Å². The Hall–Kier alpha value is -1.97. The van der Waals surface area contributed by atoms with E-state index in [0.29, 0.717) is 11.8 Å². The number of carbonyl (C=O) groups is 1. The second-order valence-corrected chi connectivity index (χ2v) is 7.48. The highest BCUT2D eigenvalue weighted by Gasteiger charge is 2.15. The third kappa shape index (κ3) is 4.53. The number of hydrogen-bond donors (Lipinski definition) is 2. The molecule has 0 spiro atoms. The van der Waals surface area contributed by atoms with Gasteiger partial charge in [0.05, 0.1) is 10.6 Å². The third-order valence-electron chi connectivity index (χ3n) is 3.05. The van der Waals surface area contributed by atoms with E-state index in [2.05, 4.69) is 10.0 Å².